The average molecular weight is 740 g/mol. The van der Waals surface area contributed by atoms with Crippen LogP contribution in [0.4, 0.5) is 0 Å². The molecule has 0 spiro atoms. The van der Waals surface area contributed by atoms with Gasteiger partial charge in [-0.15, -0.1) is 0 Å². The molecule has 0 N–H and O–H groups in total. The molecular weight excluding hydrogens is 707 g/mol. The fourth-order valence-corrected chi connectivity index (χ4v) is 8.99. The number of hydrogen-bond acceptors (Lipinski definition) is 3. The summed E-state index contributed by atoms with van der Waals surface area (Å²) in [6.45, 7) is 0. The van der Waals surface area contributed by atoms with Crippen molar-refractivity contribution in [3.05, 3.63) is 200 Å². The Morgan fingerprint density at radius 2 is 1.00 bits per heavy atom. The molecule has 9 aromatic carbocycles. The van der Waals surface area contributed by atoms with Gasteiger partial charge in [-0.2, -0.15) is 0 Å². The SMILES string of the molecule is c1ccc(-c2cc(-c3ccccc3)nc(-c3cccc4oc5cc(-c6ccc(-n7c8ccccc8c8c9ccccc9ccc87)cc6)c6ccccc6c5c34)n2)cc1. The van der Waals surface area contributed by atoms with Crippen LogP contribution in [0.25, 0.3) is 116 Å². The molecule has 0 amide bonds. The monoisotopic (exact) mass is 739 g/mol. The second-order valence-corrected chi connectivity index (χ2v) is 14.9. The van der Waals surface area contributed by atoms with Crippen LogP contribution in [0.1, 0.15) is 0 Å². The molecule has 0 aliphatic rings. The summed E-state index contributed by atoms with van der Waals surface area (Å²) >= 11 is 0. The summed E-state index contributed by atoms with van der Waals surface area (Å²) in [5, 5.41) is 9.42. The van der Waals surface area contributed by atoms with Crippen LogP contribution in [0, 0.1) is 0 Å². The Kier molecular flexibility index (Phi) is 7.20. The lowest BCUT2D eigenvalue weighted by atomic mass is 9.93. The Bertz CT molecular complexity index is 3490. The maximum atomic E-state index is 6.77. The molecule has 0 aliphatic carbocycles. The number of nitrogens with zero attached hydrogens (tertiary/aromatic N) is 3. The van der Waals surface area contributed by atoms with E-state index in [2.05, 4.69) is 162 Å². The zero-order valence-electron chi connectivity index (χ0n) is 31.3. The topological polar surface area (TPSA) is 43.9 Å². The second-order valence-electron chi connectivity index (χ2n) is 14.9. The minimum atomic E-state index is 0.662. The van der Waals surface area contributed by atoms with Crippen LogP contribution in [-0.2, 0) is 0 Å². The Labute approximate surface area is 333 Å². The van der Waals surface area contributed by atoms with Gasteiger partial charge in [0, 0.05) is 43.9 Å². The molecule has 0 saturated carbocycles. The first-order valence-corrected chi connectivity index (χ1v) is 19.7. The van der Waals surface area contributed by atoms with E-state index in [-0.39, 0.29) is 0 Å². The molecule has 0 aliphatic heterocycles. The molecule has 3 aromatic heterocycles. The predicted octanol–water partition coefficient (Wildman–Crippen LogP) is 14.4. The minimum absolute atomic E-state index is 0.662. The van der Waals surface area contributed by atoms with Crippen LogP contribution in [0.3, 0.4) is 0 Å². The first-order valence-electron chi connectivity index (χ1n) is 19.7. The van der Waals surface area contributed by atoms with Gasteiger partial charge >= 0.3 is 0 Å². The van der Waals surface area contributed by atoms with Gasteiger partial charge in [0.25, 0.3) is 0 Å². The maximum Gasteiger partial charge on any atom is 0.161 e. The van der Waals surface area contributed by atoms with Gasteiger partial charge in [-0.05, 0) is 75.1 Å². The number of rotatable bonds is 5. The van der Waals surface area contributed by atoms with E-state index in [9.17, 15) is 0 Å². The number of aromatic nitrogens is 3. The number of fused-ring (bicyclic) bond motifs is 10. The van der Waals surface area contributed by atoms with Crippen molar-refractivity contribution >= 4 is 65.3 Å². The Morgan fingerprint density at radius 3 is 1.74 bits per heavy atom. The van der Waals surface area contributed by atoms with Crippen molar-refractivity contribution in [2.24, 2.45) is 0 Å². The molecule has 0 saturated heterocycles. The highest BCUT2D eigenvalue weighted by atomic mass is 16.3. The first kappa shape index (κ1) is 32.4. The van der Waals surface area contributed by atoms with Gasteiger partial charge in [0.1, 0.15) is 11.2 Å². The molecule has 12 aromatic rings. The van der Waals surface area contributed by atoms with Gasteiger partial charge in [-0.1, -0.05) is 158 Å². The largest absolute Gasteiger partial charge is 0.456 e. The quantitative estimate of drug-likeness (QED) is 0.177. The molecule has 0 bridgehead atoms. The van der Waals surface area contributed by atoms with Crippen molar-refractivity contribution in [2.75, 3.05) is 0 Å². The van der Waals surface area contributed by atoms with Gasteiger partial charge in [0.15, 0.2) is 5.82 Å². The fraction of sp³-hybridized carbons (Fsp3) is 0. The van der Waals surface area contributed by atoms with Crippen LogP contribution in [0.15, 0.2) is 205 Å². The van der Waals surface area contributed by atoms with Crippen LogP contribution >= 0.6 is 0 Å². The smallest absolute Gasteiger partial charge is 0.161 e. The molecule has 270 valence electrons. The van der Waals surface area contributed by atoms with E-state index in [1.54, 1.807) is 0 Å². The maximum absolute atomic E-state index is 6.77. The summed E-state index contributed by atoms with van der Waals surface area (Å²) in [5.74, 6) is 0.662. The molecular formula is C54H33N3O. The van der Waals surface area contributed by atoms with Gasteiger partial charge < -0.3 is 8.98 Å². The summed E-state index contributed by atoms with van der Waals surface area (Å²) in [4.78, 5) is 10.4. The third-order valence-corrected chi connectivity index (χ3v) is 11.6. The number of benzene rings is 9. The summed E-state index contributed by atoms with van der Waals surface area (Å²) in [6, 6.07) is 70.7. The lowest BCUT2D eigenvalue weighted by molar-refractivity contribution is 0.669. The van der Waals surface area contributed by atoms with Crippen LogP contribution in [-0.4, -0.2) is 14.5 Å². The van der Waals surface area contributed by atoms with E-state index in [0.29, 0.717) is 5.82 Å². The average Bonchev–Trinajstić information content (AvgIpc) is 3.86. The minimum Gasteiger partial charge on any atom is -0.456 e. The van der Waals surface area contributed by atoms with Crippen molar-refractivity contribution in [2.45, 2.75) is 0 Å². The normalized spacial score (nSPS) is 11.8. The summed E-state index contributed by atoms with van der Waals surface area (Å²) in [5.41, 5.74) is 12.2. The third kappa shape index (κ3) is 5.02. The molecule has 12 rings (SSSR count). The van der Waals surface area contributed by atoms with Crippen LogP contribution in [0.5, 0.6) is 0 Å². The highest BCUT2D eigenvalue weighted by Crippen LogP contribution is 2.44. The molecule has 0 atom stereocenters. The number of para-hydroxylation sites is 1. The van der Waals surface area contributed by atoms with Crippen molar-refractivity contribution in [1.29, 1.82) is 0 Å². The summed E-state index contributed by atoms with van der Waals surface area (Å²) < 4.78 is 9.16. The van der Waals surface area contributed by atoms with Crippen LogP contribution in [0.2, 0.25) is 0 Å². The lowest BCUT2D eigenvalue weighted by Crippen LogP contribution is -1.96. The Morgan fingerprint density at radius 1 is 0.362 bits per heavy atom. The van der Waals surface area contributed by atoms with Gasteiger partial charge in [0.2, 0.25) is 0 Å². The molecule has 58 heavy (non-hydrogen) atoms. The number of hydrogen-bond donors (Lipinski definition) is 0. The summed E-state index contributed by atoms with van der Waals surface area (Å²) in [6.07, 6.45) is 0. The van der Waals surface area contributed by atoms with Crippen molar-refractivity contribution in [3.8, 4) is 50.7 Å². The molecule has 0 unspecified atom stereocenters. The molecule has 0 fully saturated rings. The van der Waals surface area contributed by atoms with Gasteiger partial charge in [0.05, 0.1) is 22.4 Å². The van der Waals surface area contributed by atoms with E-state index in [1.165, 1.54) is 32.6 Å². The van der Waals surface area contributed by atoms with Crippen molar-refractivity contribution < 1.29 is 4.42 Å². The van der Waals surface area contributed by atoms with E-state index in [4.69, 9.17) is 14.4 Å². The van der Waals surface area contributed by atoms with E-state index in [0.717, 1.165) is 77.6 Å². The standard InChI is InChI=1S/C54H33N3O/c1-3-15-36(16-4-1)45-33-46(37-17-5-2-6-18-37)56-54(55-45)43-23-13-25-49-53(43)52-41-21-10-9-20-40(41)44(32-50(52)58-49)35-26-29-38(30-27-35)57-47-24-12-11-22-42(47)51-39-19-8-7-14-34(39)28-31-48(51)57/h1-33H. The fourth-order valence-electron chi connectivity index (χ4n) is 8.99. The van der Waals surface area contributed by atoms with Crippen molar-refractivity contribution in [1.82, 2.24) is 14.5 Å². The Hall–Kier alpha value is -7.82. The lowest BCUT2D eigenvalue weighted by Gasteiger charge is -2.12. The number of furan rings is 1. The highest BCUT2D eigenvalue weighted by molar-refractivity contribution is 6.25. The third-order valence-electron chi connectivity index (χ3n) is 11.6. The zero-order valence-corrected chi connectivity index (χ0v) is 31.3. The Balaban J connectivity index is 1.03. The molecule has 3 heterocycles. The summed E-state index contributed by atoms with van der Waals surface area (Å²) in [7, 11) is 0. The molecule has 4 heteroatoms. The van der Waals surface area contributed by atoms with Crippen molar-refractivity contribution in [3.63, 3.8) is 0 Å². The highest BCUT2D eigenvalue weighted by Gasteiger charge is 2.21. The van der Waals surface area contributed by atoms with Gasteiger partial charge in [-0.25, -0.2) is 9.97 Å². The first-order chi connectivity index (χ1) is 28.8. The molecule has 4 nitrogen and oxygen atoms in total. The molecule has 0 radical (unpaired) electrons. The second kappa shape index (κ2) is 12.9. The van der Waals surface area contributed by atoms with E-state index < -0.39 is 0 Å². The predicted molar refractivity (Wildman–Crippen MR) is 240 cm³/mol. The van der Waals surface area contributed by atoms with Crippen LogP contribution < -0.4 is 0 Å². The van der Waals surface area contributed by atoms with E-state index >= 15 is 0 Å². The van der Waals surface area contributed by atoms with Gasteiger partial charge in [-0.3, -0.25) is 0 Å². The zero-order chi connectivity index (χ0) is 38.2. The van der Waals surface area contributed by atoms with E-state index in [1.807, 2.05) is 42.5 Å².